The third-order valence-electron chi connectivity index (χ3n) is 5.73. The molecule has 1 aromatic carbocycles. The average Bonchev–Trinajstić information content (AvgIpc) is 2.52. The van der Waals surface area contributed by atoms with Gasteiger partial charge in [-0.3, -0.25) is 4.98 Å². The fourth-order valence-corrected chi connectivity index (χ4v) is 3.87. The maximum atomic E-state index is 4.60. The van der Waals surface area contributed by atoms with Crippen molar-refractivity contribution in [2.75, 3.05) is 0 Å². The maximum Gasteiger partial charge on any atom is 0.0611 e. The van der Waals surface area contributed by atoms with Crippen molar-refractivity contribution >= 4 is 0 Å². The fraction of sp³-hybridized carbons (Fsp3) is 0.476. The number of nitrogens with one attached hydrogen (secondary N) is 1. The molecule has 2 aliphatic rings. The van der Waals surface area contributed by atoms with Gasteiger partial charge in [0.2, 0.25) is 0 Å². The third kappa shape index (κ3) is 3.18. The number of aromatic nitrogens is 1. The van der Waals surface area contributed by atoms with Gasteiger partial charge in [-0.1, -0.05) is 49.6 Å². The van der Waals surface area contributed by atoms with Crippen LogP contribution in [-0.4, -0.2) is 4.98 Å². The molecule has 0 atom stereocenters. The molecule has 2 aromatic rings. The lowest BCUT2D eigenvalue weighted by molar-refractivity contribution is 0.177. The topological polar surface area (TPSA) is 24.9 Å². The number of hydrogen-bond acceptors (Lipinski definition) is 2. The molecule has 2 aliphatic carbocycles. The van der Waals surface area contributed by atoms with Crippen LogP contribution in [0, 0.1) is 5.92 Å². The van der Waals surface area contributed by atoms with Gasteiger partial charge >= 0.3 is 0 Å². The van der Waals surface area contributed by atoms with E-state index in [0.29, 0.717) is 0 Å². The van der Waals surface area contributed by atoms with Gasteiger partial charge in [0.15, 0.2) is 0 Å². The van der Waals surface area contributed by atoms with Crippen molar-refractivity contribution in [3.63, 3.8) is 0 Å². The van der Waals surface area contributed by atoms with Crippen LogP contribution in [0.5, 0.6) is 0 Å². The first-order chi connectivity index (χ1) is 11.3. The Balaban J connectivity index is 1.42. The van der Waals surface area contributed by atoms with Crippen LogP contribution in [0.15, 0.2) is 48.7 Å². The molecule has 1 N–H and O–H groups in total. The standard InChI is InChI=1S/C21H26N2/c1-2-13-22-20(10-1)21(11-5-12-21)23-16-19-9-4-8-18(15-19)14-17-6-3-7-17/h1-2,4,8-10,13,15,17,23H,3,5-7,11-12,14,16H2. The highest BCUT2D eigenvalue weighted by Gasteiger charge is 2.39. The lowest BCUT2D eigenvalue weighted by Gasteiger charge is -2.42. The molecule has 2 nitrogen and oxygen atoms in total. The summed E-state index contributed by atoms with van der Waals surface area (Å²) >= 11 is 0. The summed E-state index contributed by atoms with van der Waals surface area (Å²) in [7, 11) is 0. The van der Waals surface area contributed by atoms with Gasteiger partial charge in [0.25, 0.3) is 0 Å². The number of rotatable bonds is 6. The fourth-order valence-electron chi connectivity index (χ4n) is 3.87. The van der Waals surface area contributed by atoms with E-state index in [-0.39, 0.29) is 5.54 Å². The van der Waals surface area contributed by atoms with E-state index in [1.807, 2.05) is 12.3 Å². The predicted octanol–water partition coefficient (Wildman–Crippen LogP) is 4.59. The van der Waals surface area contributed by atoms with Crippen LogP contribution in [0.2, 0.25) is 0 Å². The molecule has 1 heterocycles. The summed E-state index contributed by atoms with van der Waals surface area (Å²) in [5.41, 5.74) is 4.22. The zero-order valence-corrected chi connectivity index (χ0v) is 13.8. The van der Waals surface area contributed by atoms with Gasteiger partial charge in [-0.15, -0.1) is 0 Å². The van der Waals surface area contributed by atoms with Crippen molar-refractivity contribution < 1.29 is 0 Å². The maximum absolute atomic E-state index is 4.60. The molecule has 120 valence electrons. The zero-order valence-electron chi connectivity index (χ0n) is 13.8. The van der Waals surface area contributed by atoms with E-state index in [4.69, 9.17) is 0 Å². The van der Waals surface area contributed by atoms with Gasteiger partial charge in [-0.25, -0.2) is 0 Å². The molecule has 0 spiro atoms. The minimum absolute atomic E-state index is 0.102. The van der Waals surface area contributed by atoms with Crippen LogP contribution in [0.25, 0.3) is 0 Å². The van der Waals surface area contributed by atoms with Crippen LogP contribution in [0.4, 0.5) is 0 Å². The van der Waals surface area contributed by atoms with Crippen molar-refractivity contribution in [2.24, 2.45) is 5.92 Å². The highest BCUT2D eigenvalue weighted by Crippen LogP contribution is 2.40. The molecular weight excluding hydrogens is 280 g/mol. The number of pyridine rings is 1. The van der Waals surface area contributed by atoms with E-state index < -0.39 is 0 Å². The number of nitrogens with zero attached hydrogens (tertiary/aromatic N) is 1. The van der Waals surface area contributed by atoms with Gasteiger partial charge in [-0.05, 0) is 54.9 Å². The normalized spacial score (nSPS) is 19.8. The monoisotopic (exact) mass is 306 g/mol. The highest BCUT2D eigenvalue weighted by molar-refractivity contribution is 5.25. The molecule has 0 amide bonds. The van der Waals surface area contributed by atoms with Gasteiger partial charge in [0.1, 0.15) is 0 Å². The molecule has 0 unspecified atom stereocenters. The minimum Gasteiger partial charge on any atom is -0.302 e. The number of hydrogen-bond donors (Lipinski definition) is 1. The van der Waals surface area contributed by atoms with Gasteiger partial charge < -0.3 is 5.32 Å². The van der Waals surface area contributed by atoms with E-state index in [9.17, 15) is 0 Å². The van der Waals surface area contributed by atoms with E-state index in [0.717, 1.165) is 12.5 Å². The highest BCUT2D eigenvalue weighted by atomic mass is 15.0. The third-order valence-corrected chi connectivity index (χ3v) is 5.73. The Labute approximate surface area is 139 Å². The zero-order chi connectivity index (χ0) is 15.5. The average molecular weight is 306 g/mol. The second kappa shape index (κ2) is 6.45. The lowest BCUT2D eigenvalue weighted by Crippen LogP contribution is -2.48. The van der Waals surface area contributed by atoms with Gasteiger partial charge in [0, 0.05) is 12.7 Å². The van der Waals surface area contributed by atoms with Crippen molar-refractivity contribution in [1.29, 1.82) is 0 Å². The van der Waals surface area contributed by atoms with Crippen LogP contribution in [0.1, 0.15) is 55.3 Å². The first-order valence-electron chi connectivity index (χ1n) is 9.08. The molecule has 1 aromatic heterocycles. The minimum atomic E-state index is 0.102. The molecule has 0 aliphatic heterocycles. The largest absolute Gasteiger partial charge is 0.302 e. The van der Waals surface area contributed by atoms with E-state index in [2.05, 4.69) is 46.7 Å². The van der Waals surface area contributed by atoms with E-state index in [1.54, 1.807) is 0 Å². The van der Waals surface area contributed by atoms with E-state index in [1.165, 1.54) is 61.8 Å². The first-order valence-corrected chi connectivity index (χ1v) is 9.08. The van der Waals surface area contributed by atoms with Crippen molar-refractivity contribution in [3.05, 3.63) is 65.5 Å². The van der Waals surface area contributed by atoms with Crippen LogP contribution < -0.4 is 5.32 Å². The summed E-state index contributed by atoms with van der Waals surface area (Å²) in [6, 6.07) is 15.4. The lowest BCUT2D eigenvalue weighted by atomic mass is 9.74. The summed E-state index contributed by atoms with van der Waals surface area (Å²) in [5, 5.41) is 3.81. The summed E-state index contributed by atoms with van der Waals surface area (Å²) in [6.45, 7) is 0.940. The number of benzene rings is 1. The molecular formula is C21H26N2. The summed E-state index contributed by atoms with van der Waals surface area (Å²) in [5.74, 6) is 0.935. The summed E-state index contributed by atoms with van der Waals surface area (Å²) in [6.07, 6.45) is 11.1. The SMILES string of the molecule is c1ccc(C2(NCc3cccc(CC4CCC4)c3)CCC2)nc1. The Morgan fingerprint density at radius 2 is 1.87 bits per heavy atom. The smallest absolute Gasteiger partial charge is 0.0611 e. The van der Waals surface area contributed by atoms with Gasteiger partial charge in [-0.2, -0.15) is 0 Å². The Kier molecular flexibility index (Phi) is 4.17. The predicted molar refractivity (Wildman–Crippen MR) is 94.1 cm³/mol. The van der Waals surface area contributed by atoms with Crippen molar-refractivity contribution in [2.45, 2.75) is 57.0 Å². The Bertz CT molecular complexity index is 642. The first kappa shape index (κ1) is 14.9. The van der Waals surface area contributed by atoms with E-state index >= 15 is 0 Å². The molecule has 23 heavy (non-hydrogen) atoms. The molecule has 0 bridgehead atoms. The Hall–Kier alpha value is -1.67. The van der Waals surface area contributed by atoms with Crippen LogP contribution in [0.3, 0.4) is 0 Å². The molecule has 2 saturated carbocycles. The molecule has 0 saturated heterocycles. The molecule has 2 heteroatoms. The Morgan fingerprint density at radius 1 is 1.00 bits per heavy atom. The summed E-state index contributed by atoms with van der Waals surface area (Å²) < 4.78 is 0. The molecule has 4 rings (SSSR count). The van der Waals surface area contributed by atoms with Crippen LogP contribution in [-0.2, 0) is 18.5 Å². The van der Waals surface area contributed by atoms with Crippen molar-refractivity contribution in [3.8, 4) is 0 Å². The van der Waals surface area contributed by atoms with Crippen LogP contribution >= 0.6 is 0 Å². The molecule has 0 radical (unpaired) electrons. The molecule has 2 fully saturated rings. The van der Waals surface area contributed by atoms with Gasteiger partial charge in [0.05, 0.1) is 11.2 Å². The second-order valence-electron chi connectivity index (χ2n) is 7.33. The Morgan fingerprint density at radius 3 is 2.52 bits per heavy atom. The quantitative estimate of drug-likeness (QED) is 0.844. The van der Waals surface area contributed by atoms with Crippen molar-refractivity contribution in [1.82, 2.24) is 10.3 Å². The second-order valence-corrected chi connectivity index (χ2v) is 7.33. The summed E-state index contributed by atoms with van der Waals surface area (Å²) in [4.78, 5) is 4.60.